The fourth-order valence-electron chi connectivity index (χ4n) is 3.28. The molecule has 1 amide bonds. The molecule has 0 aliphatic carbocycles. The van der Waals surface area contributed by atoms with E-state index in [0.29, 0.717) is 25.3 Å². The number of rotatable bonds is 2. The van der Waals surface area contributed by atoms with Gasteiger partial charge in [-0.05, 0) is 40.6 Å². The number of phenolic OH excluding ortho intramolecular Hbond substituents is 1. The molecule has 132 valence electrons. The Morgan fingerprint density at radius 1 is 1.08 bits per heavy atom. The molecule has 1 atom stereocenters. The van der Waals surface area contributed by atoms with Crippen LogP contribution in [0.1, 0.15) is 22.0 Å². The van der Waals surface area contributed by atoms with Gasteiger partial charge in [-0.2, -0.15) is 0 Å². The first kappa shape index (κ1) is 17.1. The summed E-state index contributed by atoms with van der Waals surface area (Å²) in [5, 5.41) is 12.2. The molecule has 1 aliphatic heterocycles. The lowest BCUT2D eigenvalue weighted by Gasteiger charge is -2.33. The number of hydrogen-bond donors (Lipinski definition) is 1. The summed E-state index contributed by atoms with van der Waals surface area (Å²) in [6.07, 6.45) is -0.164. The summed E-state index contributed by atoms with van der Waals surface area (Å²) in [5.74, 6) is -0.154. The third kappa shape index (κ3) is 3.32. The highest BCUT2D eigenvalue weighted by Gasteiger charge is 2.27. The first-order valence-corrected chi connectivity index (χ1v) is 9.29. The van der Waals surface area contributed by atoms with Crippen LogP contribution in [0, 0.1) is 0 Å². The Kier molecular flexibility index (Phi) is 4.66. The highest BCUT2D eigenvalue weighted by Crippen LogP contribution is 2.29. The van der Waals surface area contributed by atoms with Gasteiger partial charge in [0.05, 0.1) is 18.7 Å². The van der Waals surface area contributed by atoms with E-state index in [2.05, 4.69) is 15.9 Å². The third-order valence-corrected chi connectivity index (χ3v) is 5.22. The minimum Gasteiger partial charge on any atom is -0.507 e. The van der Waals surface area contributed by atoms with Gasteiger partial charge in [0.2, 0.25) is 0 Å². The van der Waals surface area contributed by atoms with Crippen LogP contribution in [0.15, 0.2) is 65.1 Å². The maximum Gasteiger partial charge on any atom is 0.257 e. The van der Waals surface area contributed by atoms with Crippen molar-refractivity contribution in [3.05, 3.63) is 76.3 Å². The van der Waals surface area contributed by atoms with Gasteiger partial charge >= 0.3 is 0 Å². The van der Waals surface area contributed by atoms with Crippen molar-refractivity contribution in [1.29, 1.82) is 0 Å². The quantitative estimate of drug-likeness (QED) is 0.674. The molecule has 1 unspecified atom stereocenters. The topological polar surface area (TPSA) is 49.8 Å². The highest BCUT2D eigenvalue weighted by molar-refractivity contribution is 9.10. The van der Waals surface area contributed by atoms with Crippen LogP contribution in [-0.4, -0.2) is 35.6 Å². The van der Waals surface area contributed by atoms with Crippen LogP contribution >= 0.6 is 15.9 Å². The SMILES string of the molecule is O=C(c1cc2ccccc2cc1O)N1CCOC(c2ccc(Br)cc2)C1. The molecule has 5 heteroatoms. The number of ether oxygens (including phenoxy) is 1. The second-order valence-electron chi connectivity index (χ2n) is 6.38. The Morgan fingerprint density at radius 2 is 1.77 bits per heavy atom. The zero-order chi connectivity index (χ0) is 18.1. The van der Waals surface area contributed by atoms with Crippen molar-refractivity contribution in [2.75, 3.05) is 19.7 Å². The number of hydrogen-bond acceptors (Lipinski definition) is 3. The lowest BCUT2D eigenvalue weighted by atomic mass is 10.0. The number of carbonyl (C=O) groups is 1. The molecule has 1 saturated heterocycles. The number of amides is 1. The third-order valence-electron chi connectivity index (χ3n) is 4.69. The molecule has 0 bridgehead atoms. The molecule has 3 aromatic carbocycles. The molecule has 4 nitrogen and oxygen atoms in total. The van der Waals surface area contributed by atoms with Gasteiger partial charge < -0.3 is 14.7 Å². The van der Waals surface area contributed by atoms with Crippen LogP contribution in [0.4, 0.5) is 0 Å². The van der Waals surface area contributed by atoms with Gasteiger partial charge in [0, 0.05) is 11.0 Å². The summed E-state index contributed by atoms with van der Waals surface area (Å²) in [5.41, 5.74) is 1.37. The van der Waals surface area contributed by atoms with Crippen molar-refractivity contribution in [2.45, 2.75) is 6.10 Å². The summed E-state index contributed by atoms with van der Waals surface area (Å²) in [4.78, 5) is 14.7. The smallest absolute Gasteiger partial charge is 0.257 e. The molecule has 26 heavy (non-hydrogen) atoms. The van der Waals surface area contributed by atoms with E-state index in [1.54, 1.807) is 17.0 Å². The standard InChI is InChI=1S/C21H18BrNO3/c22-17-7-5-14(6-8-17)20-13-23(9-10-26-20)21(25)18-11-15-3-1-2-4-16(15)12-19(18)24/h1-8,11-12,20,24H,9-10,13H2. The van der Waals surface area contributed by atoms with Crippen molar-refractivity contribution in [1.82, 2.24) is 4.90 Å². The minimum absolute atomic E-state index is 0.0142. The molecular weight excluding hydrogens is 394 g/mol. The Labute approximate surface area is 160 Å². The van der Waals surface area contributed by atoms with Crippen LogP contribution in [0.5, 0.6) is 5.75 Å². The molecule has 3 aromatic rings. The van der Waals surface area contributed by atoms with Crippen molar-refractivity contribution in [3.63, 3.8) is 0 Å². The Morgan fingerprint density at radius 3 is 2.50 bits per heavy atom. The molecule has 0 aromatic heterocycles. The van der Waals surface area contributed by atoms with Crippen LogP contribution in [0.25, 0.3) is 10.8 Å². The Hall–Kier alpha value is -2.37. The van der Waals surface area contributed by atoms with Crippen LogP contribution in [-0.2, 0) is 4.74 Å². The number of halogens is 1. The maximum atomic E-state index is 13.0. The van der Waals surface area contributed by atoms with Gasteiger partial charge in [-0.25, -0.2) is 0 Å². The van der Waals surface area contributed by atoms with Crippen molar-refractivity contribution in [3.8, 4) is 5.75 Å². The van der Waals surface area contributed by atoms with Gasteiger partial charge in [-0.15, -0.1) is 0 Å². The zero-order valence-corrected chi connectivity index (χ0v) is 15.6. The van der Waals surface area contributed by atoms with E-state index >= 15 is 0 Å². The lowest BCUT2D eigenvalue weighted by molar-refractivity contribution is -0.0229. The first-order chi connectivity index (χ1) is 12.6. The van der Waals surface area contributed by atoms with E-state index in [-0.39, 0.29) is 17.8 Å². The van der Waals surface area contributed by atoms with Gasteiger partial charge in [0.15, 0.2) is 0 Å². The predicted octanol–water partition coefficient (Wildman–Crippen LogP) is 4.52. The van der Waals surface area contributed by atoms with Crippen LogP contribution < -0.4 is 0 Å². The van der Waals surface area contributed by atoms with Crippen molar-refractivity contribution in [2.24, 2.45) is 0 Å². The monoisotopic (exact) mass is 411 g/mol. The van der Waals surface area contributed by atoms with E-state index in [9.17, 15) is 9.90 Å². The molecule has 0 radical (unpaired) electrons. The van der Waals surface area contributed by atoms with Crippen LogP contribution in [0.2, 0.25) is 0 Å². The van der Waals surface area contributed by atoms with Gasteiger partial charge in [0.1, 0.15) is 11.9 Å². The van der Waals surface area contributed by atoms with Gasteiger partial charge in [-0.1, -0.05) is 52.3 Å². The Bertz CT molecular complexity index is 955. The Balaban J connectivity index is 1.59. The van der Waals surface area contributed by atoms with Crippen LogP contribution in [0.3, 0.4) is 0 Å². The number of aromatic hydroxyl groups is 1. The van der Waals surface area contributed by atoms with Gasteiger partial charge in [-0.3, -0.25) is 4.79 Å². The van der Waals surface area contributed by atoms with E-state index in [4.69, 9.17) is 4.74 Å². The molecule has 0 spiro atoms. The largest absolute Gasteiger partial charge is 0.507 e. The van der Waals surface area contributed by atoms with Gasteiger partial charge in [0.25, 0.3) is 5.91 Å². The zero-order valence-electron chi connectivity index (χ0n) is 14.1. The highest BCUT2D eigenvalue weighted by atomic mass is 79.9. The predicted molar refractivity (Wildman–Crippen MR) is 104 cm³/mol. The maximum absolute atomic E-state index is 13.0. The summed E-state index contributed by atoms with van der Waals surface area (Å²) in [7, 11) is 0. The summed E-state index contributed by atoms with van der Waals surface area (Å²) < 4.78 is 6.85. The van der Waals surface area contributed by atoms with E-state index in [1.165, 1.54) is 0 Å². The second kappa shape index (κ2) is 7.09. The second-order valence-corrected chi connectivity index (χ2v) is 7.29. The molecule has 4 rings (SSSR count). The average Bonchev–Trinajstić information content (AvgIpc) is 2.67. The van der Waals surface area contributed by atoms with Crippen molar-refractivity contribution >= 4 is 32.6 Å². The molecule has 1 N–H and O–H groups in total. The van der Waals surface area contributed by atoms with E-state index in [1.807, 2.05) is 48.5 Å². The number of morpholine rings is 1. The number of carbonyl (C=O) groups excluding carboxylic acids is 1. The molecule has 1 fully saturated rings. The number of fused-ring (bicyclic) bond motifs is 1. The molecule has 0 saturated carbocycles. The fraction of sp³-hybridized carbons (Fsp3) is 0.190. The van der Waals surface area contributed by atoms with E-state index in [0.717, 1.165) is 20.8 Å². The summed E-state index contributed by atoms with van der Waals surface area (Å²) in [6.45, 7) is 1.45. The summed E-state index contributed by atoms with van der Waals surface area (Å²) >= 11 is 3.43. The molecular formula is C21H18BrNO3. The fourth-order valence-corrected chi connectivity index (χ4v) is 3.55. The lowest BCUT2D eigenvalue weighted by Crippen LogP contribution is -2.42. The number of nitrogens with zero attached hydrogens (tertiary/aromatic N) is 1. The first-order valence-electron chi connectivity index (χ1n) is 8.50. The average molecular weight is 412 g/mol. The molecule has 1 aliphatic rings. The number of benzene rings is 3. The van der Waals surface area contributed by atoms with Crippen molar-refractivity contribution < 1.29 is 14.6 Å². The summed E-state index contributed by atoms with van der Waals surface area (Å²) in [6, 6.07) is 19.0. The minimum atomic E-state index is -0.168. The molecule has 1 heterocycles. The van der Waals surface area contributed by atoms with E-state index < -0.39 is 0 Å². The number of phenols is 1. The normalized spacial score (nSPS) is 17.4.